The monoisotopic (exact) mass is 375 g/mol. The lowest BCUT2D eigenvalue weighted by molar-refractivity contribution is -0.134. The number of ether oxygens (including phenoxy) is 1. The summed E-state index contributed by atoms with van der Waals surface area (Å²) in [5.41, 5.74) is 0.894. The van der Waals surface area contributed by atoms with Gasteiger partial charge in [0.05, 0.1) is 20.1 Å². The summed E-state index contributed by atoms with van der Waals surface area (Å²) in [5.74, 6) is 0.908. The first-order valence-electron chi connectivity index (χ1n) is 8.58. The van der Waals surface area contributed by atoms with E-state index in [2.05, 4.69) is 24.1 Å². The summed E-state index contributed by atoms with van der Waals surface area (Å²) in [6, 6.07) is 7.40. The lowest BCUT2D eigenvalue weighted by atomic mass is 10.1. The molecule has 1 aromatic heterocycles. The molecule has 1 heterocycles. The Hall–Kier alpha value is -2.41. The smallest absolute Gasteiger partial charge is 0.245 e. The molecule has 26 heavy (non-hydrogen) atoms. The Morgan fingerprint density at radius 1 is 1.27 bits per heavy atom. The molecule has 0 saturated heterocycles. The molecule has 0 atom stereocenters. The van der Waals surface area contributed by atoms with E-state index in [1.165, 1.54) is 11.3 Å². The fourth-order valence-electron chi connectivity index (χ4n) is 2.35. The topological polar surface area (TPSA) is 71.5 Å². The van der Waals surface area contributed by atoms with Crippen molar-refractivity contribution in [1.82, 2.24) is 9.88 Å². The quantitative estimate of drug-likeness (QED) is 0.730. The predicted molar refractivity (Wildman–Crippen MR) is 103 cm³/mol. The average Bonchev–Trinajstić information content (AvgIpc) is 3.11. The maximum Gasteiger partial charge on any atom is 0.245 e. The largest absolute Gasteiger partial charge is 0.497 e. The summed E-state index contributed by atoms with van der Waals surface area (Å²) in [4.78, 5) is 30.6. The molecule has 2 aromatic rings. The van der Waals surface area contributed by atoms with Gasteiger partial charge in [-0.1, -0.05) is 26.0 Å². The molecule has 2 rings (SSSR count). The Labute approximate surface area is 158 Å². The van der Waals surface area contributed by atoms with E-state index >= 15 is 0 Å². The molecule has 6 nitrogen and oxygen atoms in total. The number of carbonyl (C=O) groups is 2. The maximum absolute atomic E-state index is 12.7. The van der Waals surface area contributed by atoms with Crippen LogP contribution in [-0.4, -0.2) is 41.9 Å². The zero-order valence-electron chi connectivity index (χ0n) is 15.4. The summed E-state index contributed by atoms with van der Waals surface area (Å²) < 4.78 is 5.14. The van der Waals surface area contributed by atoms with Gasteiger partial charge in [-0.3, -0.25) is 9.59 Å². The highest BCUT2D eigenvalue weighted by Crippen LogP contribution is 2.14. The van der Waals surface area contributed by atoms with Gasteiger partial charge in [-0.2, -0.15) is 0 Å². The molecule has 0 aliphatic rings. The number of aromatic nitrogens is 1. The summed E-state index contributed by atoms with van der Waals surface area (Å²) in [6.07, 6.45) is 2.73. The van der Waals surface area contributed by atoms with Gasteiger partial charge < -0.3 is 15.0 Å². The number of anilines is 1. The SMILES string of the molecule is COc1ccc(CC(=O)N(CCC(C)C)CC(=O)Nc2nccs2)cc1. The minimum Gasteiger partial charge on any atom is -0.497 e. The Kier molecular flexibility index (Phi) is 7.59. The van der Waals surface area contributed by atoms with Gasteiger partial charge >= 0.3 is 0 Å². The molecule has 0 fully saturated rings. The Balaban J connectivity index is 1.99. The fourth-order valence-corrected chi connectivity index (χ4v) is 2.90. The van der Waals surface area contributed by atoms with Crippen LogP contribution in [0.5, 0.6) is 5.75 Å². The number of methoxy groups -OCH3 is 1. The first-order chi connectivity index (χ1) is 12.5. The number of thiazole rings is 1. The number of hydrogen-bond donors (Lipinski definition) is 1. The van der Waals surface area contributed by atoms with Gasteiger partial charge in [0, 0.05) is 18.1 Å². The molecule has 7 heteroatoms. The van der Waals surface area contributed by atoms with Crippen molar-refractivity contribution in [1.29, 1.82) is 0 Å². The standard InChI is InChI=1S/C19H25N3O3S/c1-14(2)8-10-22(13-17(23)21-19-20-9-11-26-19)18(24)12-15-4-6-16(25-3)7-5-15/h4-7,9,11,14H,8,10,12-13H2,1-3H3,(H,20,21,23). The van der Waals surface area contributed by atoms with Crippen molar-refractivity contribution in [3.8, 4) is 5.75 Å². The summed E-state index contributed by atoms with van der Waals surface area (Å²) in [7, 11) is 1.61. The van der Waals surface area contributed by atoms with Crippen LogP contribution in [0.1, 0.15) is 25.8 Å². The normalized spacial score (nSPS) is 10.6. The van der Waals surface area contributed by atoms with Crippen LogP contribution in [0.3, 0.4) is 0 Å². The van der Waals surface area contributed by atoms with Crippen LogP contribution in [0.2, 0.25) is 0 Å². The highest BCUT2D eigenvalue weighted by atomic mass is 32.1. The number of nitrogens with zero attached hydrogens (tertiary/aromatic N) is 2. The van der Waals surface area contributed by atoms with E-state index in [9.17, 15) is 9.59 Å². The Morgan fingerprint density at radius 2 is 2.00 bits per heavy atom. The molecule has 0 aliphatic heterocycles. The van der Waals surface area contributed by atoms with Crippen molar-refractivity contribution in [2.45, 2.75) is 26.7 Å². The van der Waals surface area contributed by atoms with Gasteiger partial charge in [0.15, 0.2) is 5.13 Å². The summed E-state index contributed by atoms with van der Waals surface area (Å²) in [5, 5.41) is 5.07. The van der Waals surface area contributed by atoms with Gasteiger partial charge in [-0.05, 0) is 30.0 Å². The molecule has 0 aliphatic carbocycles. The second kappa shape index (κ2) is 9.91. The van der Waals surface area contributed by atoms with Crippen LogP contribution < -0.4 is 10.1 Å². The van der Waals surface area contributed by atoms with E-state index in [1.54, 1.807) is 23.6 Å². The summed E-state index contributed by atoms with van der Waals surface area (Å²) >= 11 is 1.35. The molecule has 0 spiro atoms. The summed E-state index contributed by atoms with van der Waals surface area (Å²) in [6.45, 7) is 4.78. The average molecular weight is 375 g/mol. The third-order valence-corrected chi connectivity index (χ3v) is 4.55. The maximum atomic E-state index is 12.7. The number of benzene rings is 1. The highest BCUT2D eigenvalue weighted by molar-refractivity contribution is 7.13. The number of hydrogen-bond acceptors (Lipinski definition) is 5. The molecule has 1 aromatic carbocycles. The lowest BCUT2D eigenvalue weighted by Gasteiger charge is -2.23. The molecule has 2 amide bonds. The second-order valence-electron chi connectivity index (χ2n) is 6.41. The number of rotatable bonds is 9. The number of nitrogens with one attached hydrogen (secondary N) is 1. The van der Waals surface area contributed by atoms with E-state index in [-0.39, 0.29) is 24.8 Å². The van der Waals surface area contributed by atoms with E-state index in [1.807, 2.05) is 24.3 Å². The van der Waals surface area contributed by atoms with Crippen LogP contribution in [0.4, 0.5) is 5.13 Å². The molecular weight excluding hydrogens is 350 g/mol. The molecule has 0 bridgehead atoms. The van der Waals surface area contributed by atoms with Crippen LogP contribution >= 0.6 is 11.3 Å². The molecule has 1 N–H and O–H groups in total. The van der Waals surface area contributed by atoms with Crippen molar-refractivity contribution in [2.75, 3.05) is 25.5 Å². The molecule has 0 unspecified atom stereocenters. The van der Waals surface area contributed by atoms with Crippen molar-refractivity contribution in [2.24, 2.45) is 5.92 Å². The van der Waals surface area contributed by atoms with Crippen molar-refractivity contribution < 1.29 is 14.3 Å². The van der Waals surface area contributed by atoms with Crippen molar-refractivity contribution in [3.63, 3.8) is 0 Å². The molecule has 140 valence electrons. The lowest BCUT2D eigenvalue weighted by Crippen LogP contribution is -2.39. The minimum absolute atomic E-state index is 0.0291. The second-order valence-corrected chi connectivity index (χ2v) is 7.30. The van der Waals surface area contributed by atoms with Crippen LogP contribution in [0.25, 0.3) is 0 Å². The Morgan fingerprint density at radius 3 is 2.58 bits per heavy atom. The number of amides is 2. The van der Waals surface area contributed by atoms with Crippen molar-refractivity contribution >= 4 is 28.3 Å². The highest BCUT2D eigenvalue weighted by Gasteiger charge is 2.18. The van der Waals surface area contributed by atoms with Crippen LogP contribution in [-0.2, 0) is 16.0 Å². The van der Waals surface area contributed by atoms with E-state index in [4.69, 9.17) is 4.74 Å². The molecule has 0 saturated carbocycles. The zero-order chi connectivity index (χ0) is 18.9. The van der Waals surface area contributed by atoms with E-state index in [0.29, 0.717) is 17.6 Å². The third-order valence-electron chi connectivity index (χ3n) is 3.86. The zero-order valence-corrected chi connectivity index (χ0v) is 16.2. The van der Waals surface area contributed by atoms with Gasteiger partial charge in [0.1, 0.15) is 5.75 Å². The van der Waals surface area contributed by atoms with Gasteiger partial charge in [0.2, 0.25) is 11.8 Å². The van der Waals surface area contributed by atoms with Gasteiger partial charge in [-0.15, -0.1) is 11.3 Å². The predicted octanol–water partition coefficient (Wildman–Crippen LogP) is 3.21. The number of carbonyl (C=O) groups excluding carboxylic acids is 2. The molecular formula is C19H25N3O3S. The third kappa shape index (κ3) is 6.48. The first-order valence-corrected chi connectivity index (χ1v) is 9.46. The Bertz CT molecular complexity index is 699. The fraction of sp³-hybridized carbons (Fsp3) is 0.421. The van der Waals surface area contributed by atoms with E-state index in [0.717, 1.165) is 17.7 Å². The minimum atomic E-state index is -0.230. The van der Waals surface area contributed by atoms with E-state index < -0.39 is 0 Å². The first kappa shape index (κ1) is 19.9. The van der Waals surface area contributed by atoms with Gasteiger partial charge in [0.25, 0.3) is 0 Å². The van der Waals surface area contributed by atoms with Crippen LogP contribution in [0, 0.1) is 5.92 Å². The van der Waals surface area contributed by atoms with Crippen LogP contribution in [0.15, 0.2) is 35.8 Å². The van der Waals surface area contributed by atoms with Gasteiger partial charge in [-0.25, -0.2) is 4.98 Å². The molecule has 0 radical (unpaired) electrons. The van der Waals surface area contributed by atoms with Crippen molar-refractivity contribution in [3.05, 3.63) is 41.4 Å².